The molecule has 1 unspecified atom stereocenters. The van der Waals surface area contributed by atoms with Gasteiger partial charge in [-0.3, -0.25) is 25.1 Å². The minimum Gasteiger partial charge on any atom is -0.370 e. The van der Waals surface area contributed by atoms with Crippen LogP contribution in [0.2, 0.25) is 0 Å². The number of nitrogens with zero attached hydrogens (tertiary/aromatic N) is 2. The van der Waals surface area contributed by atoms with Crippen molar-refractivity contribution in [3.63, 3.8) is 0 Å². The Balaban J connectivity index is 1.62. The summed E-state index contributed by atoms with van der Waals surface area (Å²) in [5.41, 5.74) is 12.6. The van der Waals surface area contributed by atoms with Crippen LogP contribution in [0, 0.1) is 15.5 Å². The van der Waals surface area contributed by atoms with Crippen LogP contribution in [0.1, 0.15) is 23.2 Å². The van der Waals surface area contributed by atoms with E-state index in [-0.39, 0.29) is 29.3 Å². The predicted molar refractivity (Wildman–Crippen MR) is 145 cm³/mol. The maximum Gasteiger partial charge on any atom is 0.293 e. The molecule has 3 aromatic carbocycles. The van der Waals surface area contributed by atoms with E-state index in [4.69, 9.17) is 16.9 Å². The van der Waals surface area contributed by atoms with Gasteiger partial charge in [0.2, 0.25) is 5.91 Å². The summed E-state index contributed by atoms with van der Waals surface area (Å²) in [5.74, 6) is -1.63. The standard InChI is InChI=1S/C26H26N8O4/c27-24(35)21(10-5-13-30-26(28)29)33-25(36)15-11-12-20(22(14-15)34(37)38)32-23-16-6-1-3-8-18(16)31-19-9-4-2-7-17(19)23/h1-4,6-9,11-12,14,21H,5,10,13H2,(H2,27,35)(H,31,32)(H,33,36)(H4,28,29,30). The van der Waals surface area contributed by atoms with Crippen LogP contribution in [-0.2, 0) is 4.79 Å². The molecule has 38 heavy (non-hydrogen) atoms. The number of para-hydroxylation sites is 2. The van der Waals surface area contributed by atoms with E-state index in [1.165, 1.54) is 12.1 Å². The number of nitrogens with one attached hydrogen (secondary N) is 4. The van der Waals surface area contributed by atoms with Crippen LogP contribution < -0.4 is 27.4 Å². The molecule has 2 amide bonds. The van der Waals surface area contributed by atoms with Gasteiger partial charge < -0.3 is 27.4 Å². The molecule has 12 heteroatoms. The second-order valence-electron chi connectivity index (χ2n) is 8.55. The SMILES string of the molecule is N=C(N)NCCCC(NC(=O)c1ccc(Nc2c3ccccc3nc3ccccc23)c([N+](=O)[O-])c1)C(N)=O. The molecular weight excluding hydrogens is 488 g/mol. The molecule has 194 valence electrons. The molecule has 0 fully saturated rings. The Morgan fingerprint density at radius 3 is 2.21 bits per heavy atom. The van der Waals surface area contributed by atoms with Gasteiger partial charge in [-0.15, -0.1) is 0 Å². The number of amides is 2. The highest BCUT2D eigenvalue weighted by Crippen LogP contribution is 2.36. The first-order chi connectivity index (χ1) is 18.2. The molecule has 0 saturated carbocycles. The molecule has 1 atom stereocenters. The van der Waals surface area contributed by atoms with E-state index in [1.54, 1.807) is 0 Å². The van der Waals surface area contributed by atoms with Gasteiger partial charge in [-0.2, -0.15) is 0 Å². The zero-order valence-electron chi connectivity index (χ0n) is 20.2. The average molecular weight is 515 g/mol. The summed E-state index contributed by atoms with van der Waals surface area (Å²) >= 11 is 0. The number of nitro groups is 1. The summed E-state index contributed by atoms with van der Waals surface area (Å²) in [6, 6.07) is 18.0. The first-order valence-electron chi connectivity index (χ1n) is 11.8. The van der Waals surface area contributed by atoms with Crippen molar-refractivity contribution < 1.29 is 14.5 Å². The van der Waals surface area contributed by atoms with Crippen molar-refractivity contribution in [2.24, 2.45) is 11.5 Å². The number of fused-ring (bicyclic) bond motifs is 2. The van der Waals surface area contributed by atoms with E-state index < -0.39 is 22.8 Å². The normalized spacial score (nSPS) is 11.6. The third-order valence-electron chi connectivity index (χ3n) is 5.94. The number of rotatable bonds is 10. The molecular formula is C26H26N8O4. The van der Waals surface area contributed by atoms with Crippen molar-refractivity contribution in [1.29, 1.82) is 5.41 Å². The van der Waals surface area contributed by atoms with Crippen molar-refractivity contribution in [3.8, 4) is 0 Å². The molecule has 1 heterocycles. The van der Waals surface area contributed by atoms with E-state index in [0.717, 1.165) is 27.9 Å². The summed E-state index contributed by atoms with van der Waals surface area (Å²) < 4.78 is 0. The molecule has 0 saturated heterocycles. The number of carbonyl (C=O) groups excluding carboxylic acids is 2. The van der Waals surface area contributed by atoms with Crippen molar-refractivity contribution in [2.45, 2.75) is 18.9 Å². The van der Waals surface area contributed by atoms with Gasteiger partial charge in [0, 0.05) is 28.9 Å². The summed E-state index contributed by atoms with van der Waals surface area (Å²) in [6.45, 7) is 0.319. The summed E-state index contributed by atoms with van der Waals surface area (Å²) in [4.78, 5) is 40.8. The summed E-state index contributed by atoms with van der Waals surface area (Å²) in [7, 11) is 0. The number of nitrogens with two attached hydrogens (primary N) is 2. The fourth-order valence-corrected chi connectivity index (χ4v) is 4.10. The number of aromatic nitrogens is 1. The fraction of sp³-hybridized carbons (Fsp3) is 0.154. The Hall–Kier alpha value is -5.26. The summed E-state index contributed by atoms with van der Waals surface area (Å²) in [5, 5.41) is 29.0. The Morgan fingerprint density at radius 2 is 1.63 bits per heavy atom. The number of pyridine rings is 1. The van der Waals surface area contributed by atoms with E-state index in [9.17, 15) is 19.7 Å². The second-order valence-corrected chi connectivity index (χ2v) is 8.55. The number of nitro benzene ring substituents is 1. The zero-order valence-corrected chi connectivity index (χ0v) is 20.2. The molecule has 4 aromatic rings. The molecule has 0 aliphatic carbocycles. The van der Waals surface area contributed by atoms with Crippen LogP contribution in [-0.4, -0.2) is 40.3 Å². The molecule has 8 N–H and O–H groups in total. The minimum atomic E-state index is -0.998. The lowest BCUT2D eigenvalue weighted by atomic mass is 10.1. The fourth-order valence-electron chi connectivity index (χ4n) is 4.10. The quantitative estimate of drug-likeness (QED) is 0.0462. The minimum absolute atomic E-state index is 0.000180. The third kappa shape index (κ3) is 5.75. The average Bonchev–Trinajstić information content (AvgIpc) is 2.89. The van der Waals surface area contributed by atoms with Gasteiger partial charge in [-0.1, -0.05) is 36.4 Å². The summed E-state index contributed by atoms with van der Waals surface area (Å²) in [6.07, 6.45) is 0.607. The Morgan fingerprint density at radius 1 is 1.00 bits per heavy atom. The van der Waals surface area contributed by atoms with Crippen LogP contribution in [0.5, 0.6) is 0 Å². The highest BCUT2D eigenvalue weighted by atomic mass is 16.6. The topological polar surface area (TPSA) is 202 Å². The number of guanidine groups is 1. The van der Waals surface area contributed by atoms with E-state index >= 15 is 0 Å². The molecule has 4 rings (SSSR count). The molecule has 12 nitrogen and oxygen atoms in total. The molecule has 0 aliphatic heterocycles. The molecule has 0 radical (unpaired) electrons. The van der Waals surface area contributed by atoms with Crippen molar-refractivity contribution in [3.05, 3.63) is 82.4 Å². The molecule has 0 bridgehead atoms. The first-order valence-corrected chi connectivity index (χ1v) is 11.8. The van der Waals surface area contributed by atoms with Crippen LogP contribution in [0.15, 0.2) is 66.7 Å². The van der Waals surface area contributed by atoms with Gasteiger partial charge in [0.1, 0.15) is 11.7 Å². The lowest BCUT2D eigenvalue weighted by Gasteiger charge is -2.16. The van der Waals surface area contributed by atoms with Crippen molar-refractivity contribution in [1.82, 2.24) is 15.6 Å². The number of carbonyl (C=O) groups is 2. The predicted octanol–water partition coefficient (Wildman–Crippen LogP) is 2.89. The van der Waals surface area contributed by atoms with Gasteiger partial charge >= 0.3 is 0 Å². The van der Waals surface area contributed by atoms with Gasteiger partial charge in [0.25, 0.3) is 11.6 Å². The maximum atomic E-state index is 12.9. The molecule has 0 spiro atoms. The van der Waals surface area contributed by atoms with E-state index in [0.29, 0.717) is 18.7 Å². The first kappa shape index (κ1) is 25.8. The monoisotopic (exact) mass is 514 g/mol. The van der Waals surface area contributed by atoms with Crippen molar-refractivity contribution in [2.75, 3.05) is 11.9 Å². The number of anilines is 2. The Kier molecular flexibility index (Phi) is 7.61. The van der Waals surface area contributed by atoms with Crippen LogP contribution >= 0.6 is 0 Å². The number of benzene rings is 3. The smallest absolute Gasteiger partial charge is 0.293 e. The zero-order chi connectivity index (χ0) is 27.2. The number of hydrogen-bond donors (Lipinski definition) is 6. The largest absolute Gasteiger partial charge is 0.370 e. The Labute approximate surface area is 217 Å². The van der Waals surface area contributed by atoms with Gasteiger partial charge in [-0.05, 0) is 37.1 Å². The Bertz CT molecular complexity index is 1500. The molecule has 1 aromatic heterocycles. The van der Waals surface area contributed by atoms with Crippen LogP contribution in [0.4, 0.5) is 17.1 Å². The van der Waals surface area contributed by atoms with Gasteiger partial charge in [0.15, 0.2) is 5.96 Å². The second kappa shape index (κ2) is 11.2. The number of hydrogen-bond acceptors (Lipinski definition) is 7. The van der Waals surface area contributed by atoms with Crippen LogP contribution in [0.3, 0.4) is 0 Å². The van der Waals surface area contributed by atoms with Crippen LogP contribution in [0.25, 0.3) is 21.8 Å². The van der Waals surface area contributed by atoms with E-state index in [1.807, 2.05) is 48.5 Å². The third-order valence-corrected chi connectivity index (χ3v) is 5.94. The highest BCUT2D eigenvalue weighted by molar-refractivity contribution is 6.09. The van der Waals surface area contributed by atoms with Crippen molar-refractivity contribution >= 4 is 56.6 Å². The maximum absolute atomic E-state index is 12.9. The molecule has 0 aliphatic rings. The lowest BCUT2D eigenvalue weighted by Crippen LogP contribution is -2.45. The lowest BCUT2D eigenvalue weighted by molar-refractivity contribution is -0.383. The number of primary amides is 1. The van der Waals surface area contributed by atoms with Gasteiger partial charge in [-0.25, -0.2) is 4.98 Å². The van der Waals surface area contributed by atoms with Gasteiger partial charge in [0.05, 0.1) is 21.6 Å². The van der Waals surface area contributed by atoms with E-state index in [2.05, 4.69) is 20.9 Å². The highest BCUT2D eigenvalue weighted by Gasteiger charge is 2.23.